The SMILES string of the molecule is CCCCN(CCOC)C(=O)NCC(Cc1ccccc1)(c1cccc(OC(F)(F)F)c1)c1cccc(OC(F)(F)F)c1. The molecule has 0 bridgehead atoms. The second kappa shape index (κ2) is 15.0. The van der Waals surface area contributed by atoms with Gasteiger partial charge >= 0.3 is 18.8 Å². The van der Waals surface area contributed by atoms with E-state index in [0.717, 1.165) is 30.5 Å². The molecule has 0 aliphatic carbocycles. The van der Waals surface area contributed by atoms with Crippen molar-refractivity contribution in [3.63, 3.8) is 0 Å². The van der Waals surface area contributed by atoms with Gasteiger partial charge in [-0.2, -0.15) is 0 Å². The lowest BCUT2D eigenvalue weighted by atomic mass is 9.70. The molecule has 12 heteroatoms. The summed E-state index contributed by atoms with van der Waals surface area (Å²) in [5.74, 6) is -1.03. The number of ether oxygens (including phenoxy) is 3. The van der Waals surface area contributed by atoms with Crippen LogP contribution in [0.3, 0.4) is 0 Å². The fourth-order valence-electron chi connectivity index (χ4n) is 4.77. The largest absolute Gasteiger partial charge is 0.573 e. The van der Waals surface area contributed by atoms with Crippen molar-refractivity contribution in [3.05, 3.63) is 95.6 Å². The number of nitrogens with zero attached hydrogens (tertiary/aromatic N) is 1. The molecule has 0 saturated heterocycles. The van der Waals surface area contributed by atoms with E-state index in [4.69, 9.17) is 4.74 Å². The summed E-state index contributed by atoms with van der Waals surface area (Å²) < 4.78 is 92.6. The zero-order valence-corrected chi connectivity index (χ0v) is 23.8. The van der Waals surface area contributed by atoms with Gasteiger partial charge in [-0.3, -0.25) is 0 Å². The first-order valence-corrected chi connectivity index (χ1v) is 13.6. The van der Waals surface area contributed by atoms with Crippen molar-refractivity contribution in [2.75, 3.05) is 33.4 Å². The maximum absolute atomic E-state index is 13.4. The number of alkyl halides is 6. The molecular weight excluding hydrogens is 578 g/mol. The zero-order valence-electron chi connectivity index (χ0n) is 23.8. The fourth-order valence-corrected chi connectivity index (χ4v) is 4.77. The quantitative estimate of drug-likeness (QED) is 0.192. The minimum absolute atomic E-state index is 0.103. The topological polar surface area (TPSA) is 60.0 Å². The number of hydrogen-bond acceptors (Lipinski definition) is 4. The third-order valence-electron chi connectivity index (χ3n) is 6.76. The van der Waals surface area contributed by atoms with E-state index < -0.39 is 35.7 Å². The van der Waals surface area contributed by atoms with Crippen LogP contribution in [0.4, 0.5) is 31.1 Å². The van der Waals surface area contributed by atoms with Gasteiger partial charge in [0, 0.05) is 32.2 Å². The Hall–Kier alpha value is -3.93. The Labute approximate surface area is 246 Å². The number of rotatable bonds is 14. The summed E-state index contributed by atoms with van der Waals surface area (Å²) in [6.45, 7) is 2.80. The molecule has 0 heterocycles. The van der Waals surface area contributed by atoms with Crippen molar-refractivity contribution in [1.29, 1.82) is 0 Å². The molecule has 3 rings (SSSR count). The van der Waals surface area contributed by atoms with Crippen LogP contribution in [0, 0.1) is 0 Å². The van der Waals surface area contributed by atoms with Gasteiger partial charge in [-0.15, -0.1) is 26.3 Å². The second-order valence-corrected chi connectivity index (χ2v) is 9.89. The molecule has 2 amide bonds. The van der Waals surface area contributed by atoms with Crippen molar-refractivity contribution >= 4 is 6.03 Å². The molecule has 0 saturated carbocycles. The predicted molar refractivity (Wildman–Crippen MR) is 149 cm³/mol. The van der Waals surface area contributed by atoms with Crippen LogP contribution >= 0.6 is 0 Å². The zero-order chi connectivity index (χ0) is 31.5. The van der Waals surface area contributed by atoms with Crippen molar-refractivity contribution in [1.82, 2.24) is 10.2 Å². The van der Waals surface area contributed by atoms with Crippen molar-refractivity contribution < 1.29 is 45.3 Å². The smallest absolute Gasteiger partial charge is 0.406 e. The summed E-state index contributed by atoms with van der Waals surface area (Å²) in [6, 6.07) is 18.9. The third-order valence-corrected chi connectivity index (χ3v) is 6.76. The second-order valence-electron chi connectivity index (χ2n) is 9.89. The lowest BCUT2D eigenvalue weighted by Crippen LogP contribution is -2.49. The van der Waals surface area contributed by atoms with Crippen LogP contribution in [0.5, 0.6) is 11.5 Å². The third kappa shape index (κ3) is 10.4. The van der Waals surface area contributed by atoms with Crippen LogP contribution in [-0.2, 0) is 16.6 Å². The number of nitrogens with one attached hydrogen (secondary N) is 1. The van der Waals surface area contributed by atoms with Gasteiger partial charge in [0.1, 0.15) is 11.5 Å². The molecule has 3 aromatic rings. The van der Waals surface area contributed by atoms with Gasteiger partial charge in [0.15, 0.2) is 0 Å². The number of methoxy groups -OCH3 is 1. The monoisotopic (exact) mass is 612 g/mol. The molecule has 1 N–H and O–H groups in total. The van der Waals surface area contributed by atoms with E-state index in [-0.39, 0.29) is 37.2 Å². The van der Waals surface area contributed by atoms with Crippen LogP contribution in [-0.4, -0.2) is 57.0 Å². The number of hydrogen-bond donors (Lipinski definition) is 1. The Balaban J connectivity index is 2.17. The molecule has 0 radical (unpaired) electrons. The average molecular weight is 613 g/mol. The highest BCUT2D eigenvalue weighted by Gasteiger charge is 2.38. The number of unbranched alkanes of at least 4 members (excludes halogenated alkanes) is 1. The Morgan fingerprint density at radius 3 is 1.84 bits per heavy atom. The number of carbonyl (C=O) groups is 1. The van der Waals surface area contributed by atoms with Gasteiger partial charge in [0.25, 0.3) is 0 Å². The number of carbonyl (C=O) groups excluding carboxylic acids is 1. The first kappa shape index (κ1) is 33.6. The molecule has 0 aliphatic rings. The molecule has 3 aromatic carbocycles. The Bertz CT molecular complexity index is 1230. The van der Waals surface area contributed by atoms with Crippen LogP contribution in [0.1, 0.15) is 36.5 Å². The van der Waals surface area contributed by atoms with Crippen LogP contribution < -0.4 is 14.8 Å². The summed E-state index contributed by atoms with van der Waals surface area (Å²) >= 11 is 0. The van der Waals surface area contributed by atoms with E-state index in [1.165, 1.54) is 31.4 Å². The van der Waals surface area contributed by atoms with Crippen molar-refractivity contribution in [2.24, 2.45) is 0 Å². The number of benzene rings is 3. The normalized spacial score (nSPS) is 12.1. The average Bonchev–Trinajstić information content (AvgIpc) is 2.94. The maximum atomic E-state index is 13.4. The number of amides is 2. The lowest BCUT2D eigenvalue weighted by Gasteiger charge is -2.37. The van der Waals surface area contributed by atoms with E-state index in [9.17, 15) is 31.1 Å². The van der Waals surface area contributed by atoms with Gasteiger partial charge < -0.3 is 24.4 Å². The van der Waals surface area contributed by atoms with E-state index >= 15 is 0 Å². The molecular formula is C31H34F6N2O4. The predicted octanol–water partition coefficient (Wildman–Crippen LogP) is 7.47. The highest BCUT2D eigenvalue weighted by atomic mass is 19.4. The van der Waals surface area contributed by atoms with Crippen LogP contribution in [0.15, 0.2) is 78.9 Å². The molecule has 0 aromatic heterocycles. The van der Waals surface area contributed by atoms with E-state index in [1.807, 2.05) is 6.92 Å². The number of urea groups is 1. The van der Waals surface area contributed by atoms with E-state index in [0.29, 0.717) is 6.54 Å². The van der Waals surface area contributed by atoms with Gasteiger partial charge in [0.05, 0.1) is 6.61 Å². The summed E-state index contributed by atoms with van der Waals surface area (Å²) in [4.78, 5) is 15.0. The molecule has 0 atom stereocenters. The number of halogens is 6. The highest BCUT2D eigenvalue weighted by Crippen LogP contribution is 2.40. The first-order chi connectivity index (χ1) is 20.3. The van der Waals surface area contributed by atoms with E-state index in [2.05, 4.69) is 14.8 Å². The van der Waals surface area contributed by atoms with Gasteiger partial charge in [-0.25, -0.2) is 4.79 Å². The summed E-state index contributed by atoms with van der Waals surface area (Å²) in [5, 5.41) is 2.90. The molecule has 234 valence electrons. The van der Waals surface area contributed by atoms with Crippen molar-refractivity contribution in [3.8, 4) is 11.5 Å². The Kier molecular flexibility index (Phi) is 11.7. The minimum Gasteiger partial charge on any atom is -0.406 e. The minimum atomic E-state index is -4.98. The summed E-state index contributed by atoms with van der Waals surface area (Å²) in [5.41, 5.74) is -0.0765. The Morgan fingerprint density at radius 1 is 0.791 bits per heavy atom. The molecule has 0 aliphatic heterocycles. The summed E-state index contributed by atoms with van der Waals surface area (Å²) in [7, 11) is 1.51. The van der Waals surface area contributed by atoms with Crippen molar-refractivity contribution in [2.45, 2.75) is 44.3 Å². The molecule has 0 spiro atoms. The molecule has 43 heavy (non-hydrogen) atoms. The standard InChI is InChI=1S/C31H34F6N2O4/c1-3-4-16-39(17-18-41-2)28(40)38-22-29(21-23-10-6-5-7-11-23,24-12-8-14-26(19-24)42-30(32,33)34)25-13-9-15-27(20-25)43-31(35,36)37/h5-15,19-20H,3-4,16-18,21-22H2,1-2H3,(H,38,40). The molecule has 0 unspecified atom stereocenters. The van der Waals surface area contributed by atoms with Crippen LogP contribution in [0.2, 0.25) is 0 Å². The first-order valence-electron chi connectivity index (χ1n) is 13.6. The summed E-state index contributed by atoms with van der Waals surface area (Å²) in [6.07, 6.45) is -8.30. The lowest BCUT2D eigenvalue weighted by molar-refractivity contribution is -0.275. The van der Waals surface area contributed by atoms with Gasteiger partial charge in [-0.1, -0.05) is 67.9 Å². The molecule has 0 fully saturated rings. The highest BCUT2D eigenvalue weighted by molar-refractivity contribution is 5.74. The van der Waals surface area contributed by atoms with Gasteiger partial charge in [-0.05, 0) is 53.8 Å². The fraction of sp³-hybridized carbons (Fsp3) is 0.387. The van der Waals surface area contributed by atoms with E-state index in [1.54, 1.807) is 47.4 Å². The Morgan fingerprint density at radius 2 is 1.35 bits per heavy atom. The van der Waals surface area contributed by atoms with Gasteiger partial charge in [0.2, 0.25) is 0 Å². The molecule has 6 nitrogen and oxygen atoms in total. The maximum Gasteiger partial charge on any atom is 0.573 e. The van der Waals surface area contributed by atoms with Crippen LogP contribution in [0.25, 0.3) is 0 Å².